The summed E-state index contributed by atoms with van der Waals surface area (Å²) in [5.74, 6) is -0.986. The van der Waals surface area contributed by atoms with Crippen LogP contribution in [0.15, 0.2) is 42.5 Å². The van der Waals surface area contributed by atoms with Gasteiger partial charge in [0.15, 0.2) is 0 Å². The first-order valence-corrected chi connectivity index (χ1v) is 8.00. The fourth-order valence-corrected chi connectivity index (χ4v) is 2.67. The molecule has 5 nitrogen and oxygen atoms in total. The predicted molar refractivity (Wildman–Crippen MR) is 92.0 cm³/mol. The molecule has 6 heteroatoms. The molecule has 3 rings (SSSR count). The van der Waals surface area contributed by atoms with Gasteiger partial charge >= 0.3 is 11.8 Å². The highest BCUT2D eigenvalue weighted by atomic mass is 19.1. The standard InChI is InChI=1S/C19H19FN2O3/c1-11-3-6-13(9-16(11)20)21-18(23)19(24)22-17-10-15(17)12-4-7-14(25-2)8-5-12/h3-9,15,17H,10H2,1-2H3,(H,21,23)(H,22,24)/t15-,17-/m0/s1. The molecule has 1 aliphatic carbocycles. The normalized spacial score (nSPS) is 18.4. The summed E-state index contributed by atoms with van der Waals surface area (Å²) in [6.07, 6.45) is 0.782. The molecule has 0 saturated heterocycles. The molecule has 1 saturated carbocycles. The summed E-state index contributed by atoms with van der Waals surface area (Å²) >= 11 is 0. The summed E-state index contributed by atoms with van der Waals surface area (Å²) in [5.41, 5.74) is 1.82. The Morgan fingerprint density at radius 1 is 1.12 bits per heavy atom. The van der Waals surface area contributed by atoms with Gasteiger partial charge in [0.05, 0.1) is 7.11 Å². The molecule has 2 atom stereocenters. The zero-order valence-corrected chi connectivity index (χ0v) is 14.0. The van der Waals surface area contributed by atoms with Crippen molar-refractivity contribution < 1.29 is 18.7 Å². The highest BCUT2D eigenvalue weighted by Crippen LogP contribution is 2.41. The van der Waals surface area contributed by atoms with Crippen molar-refractivity contribution >= 4 is 17.5 Å². The molecule has 0 radical (unpaired) electrons. The molecule has 0 unspecified atom stereocenters. The van der Waals surface area contributed by atoms with Gasteiger partial charge in [0, 0.05) is 17.6 Å². The fraction of sp³-hybridized carbons (Fsp3) is 0.263. The van der Waals surface area contributed by atoms with E-state index in [1.54, 1.807) is 26.2 Å². The number of benzene rings is 2. The molecule has 1 aliphatic rings. The predicted octanol–water partition coefficient (Wildman–Crippen LogP) is 2.75. The highest BCUT2D eigenvalue weighted by Gasteiger charge is 2.40. The monoisotopic (exact) mass is 342 g/mol. The number of ether oxygens (including phenoxy) is 1. The highest BCUT2D eigenvalue weighted by molar-refractivity contribution is 6.39. The van der Waals surface area contributed by atoms with E-state index in [1.165, 1.54) is 6.07 Å². The summed E-state index contributed by atoms with van der Waals surface area (Å²) in [4.78, 5) is 23.9. The number of amides is 2. The van der Waals surface area contributed by atoms with Crippen LogP contribution in [-0.4, -0.2) is 25.0 Å². The van der Waals surface area contributed by atoms with E-state index < -0.39 is 17.6 Å². The van der Waals surface area contributed by atoms with Crippen LogP contribution in [0.1, 0.15) is 23.5 Å². The van der Waals surface area contributed by atoms with Crippen molar-refractivity contribution in [2.75, 3.05) is 12.4 Å². The molecule has 25 heavy (non-hydrogen) atoms. The van der Waals surface area contributed by atoms with E-state index in [4.69, 9.17) is 4.74 Å². The lowest BCUT2D eigenvalue weighted by Crippen LogP contribution is -2.37. The van der Waals surface area contributed by atoms with Crippen molar-refractivity contribution in [2.45, 2.75) is 25.3 Å². The molecule has 0 heterocycles. The smallest absolute Gasteiger partial charge is 0.313 e. The van der Waals surface area contributed by atoms with Gasteiger partial charge in [-0.05, 0) is 48.7 Å². The Labute approximate surface area is 145 Å². The van der Waals surface area contributed by atoms with Crippen molar-refractivity contribution in [2.24, 2.45) is 0 Å². The van der Waals surface area contributed by atoms with Gasteiger partial charge in [0.1, 0.15) is 11.6 Å². The number of methoxy groups -OCH3 is 1. The molecule has 0 aromatic heterocycles. The molecule has 0 bridgehead atoms. The third-order valence-corrected chi connectivity index (χ3v) is 4.29. The summed E-state index contributed by atoms with van der Waals surface area (Å²) in [6.45, 7) is 1.63. The number of nitrogens with one attached hydrogen (secondary N) is 2. The Balaban J connectivity index is 1.53. The lowest BCUT2D eigenvalue weighted by atomic mass is 10.1. The Hall–Kier alpha value is -2.89. The van der Waals surface area contributed by atoms with E-state index in [-0.39, 0.29) is 17.6 Å². The average Bonchev–Trinajstić information content (AvgIpc) is 3.37. The molecule has 2 amide bonds. The number of carbonyl (C=O) groups is 2. The van der Waals surface area contributed by atoms with Crippen molar-refractivity contribution in [1.29, 1.82) is 0 Å². The van der Waals surface area contributed by atoms with Gasteiger partial charge in [-0.15, -0.1) is 0 Å². The maximum Gasteiger partial charge on any atom is 0.313 e. The number of hydrogen-bond donors (Lipinski definition) is 2. The SMILES string of the molecule is COc1ccc([C@@H]2C[C@@H]2NC(=O)C(=O)Nc2ccc(C)c(F)c2)cc1. The van der Waals surface area contributed by atoms with Gasteiger partial charge < -0.3 is 15.4 Å². The van der Waals surface area contributed by atoms with Gasteiger partial charge in [0.2, 0.25) is 0 Å². The molecule has 0 aliphatic heterocycles. The minimum Gasteiger partial charge on any atom is -0.497 e. The van der Waals surface area contributed by atoms with Crippen LogP contribution in [0, 0.1) is 12.7 Å². The molecule has 2 N–H and O–H groups in total. The van der Waals surface area contributed by atoms with E-state index >= 15 is 0 Å². The summed E-state index contributed by atoms with van der Waals surface area (Å²) in [6, 6.07) is 11.9. The second-order valence-corrected chi connectivity index (χ2v) is 6.11. The van der Waals surface area contributed by atoms with E-state index in [1.807, 2.05) is 24.3 Å². The van der Waals surface area contributed by atoms with Crippen molar-refractivity contribution in [1.82, 2.24) is 5.32 Å². The molecular formula is C19H19FN2O3. The second-order valence-electron chi connectivity index (χ2n) is 6.11. The third kappa shape index (κ3) is 3.96. The summed E-state index contributed by atoms with van der Waals surface area (Å²) in [7, 11) is 1.60. The van der Waals surface area contributed by atoms with Gasteiger partial charge in [-0.2, -0.15) is 0 Å². The maximum atomic E-state index is 13.5. The van der Waals surface area contributed by atoms with Crippen molar-refractivity contribution in [3.8, 4) is 5.75 Å². The number of carbonyl (C=O) groups excluding carboxylic acids is 2. The molecule has 2 aromatic rings. The topological polar surface area (TPSA) is 67.4 Å². The Kier molecular flexibility index (Phi) is 4.70. The molecule has 130 valence electrons. The van der Waals surface area contributed by atoms with E-state index in [0.717, 1.165) is 17.7 Å². The molecule has 1 fully saturated rings. The first-order chi connectivity index (χ1) is 12.0. The van der Waals surface area contributed by atoms with Crippen LogP contribution in [0.2, 0.25) is 0 Å². The fourth-order valence-electron chi connectivity index (χ4n) is 2.67. The first kappa shape index (κ1) is 17.0. The average molecular weight is 342 g/mol. The van der Waals surface area contributed by atoms with E-state index in [9.17, 15) is 14.0 Å². The number of rotatable bonds is 4. The van der Waals surface area contributed by atoms with Crippen LogP contribution < -0.4 is 15.4 Å². The zero-order chi connectivity index (χ0) is 18.0. The van der Waals surface area contributed by atoms with E-state index in [0.29, 0.717) is 5.56 Å². The van der Waals surface area contributed by atoms with Crippen molar-refractivity contribution in [3.05, 3.63) is 59.4 Å². The maximum absolute atomic E-state index is 13.5. The Bertz CT molecular complexity index is 805. The number of hydrogen-bond acceptors (Lipinski definition) is 3. The van der Waals surface area contributed by atoms with Gasteiger partial charge in [-0.25, -0.2) is 4.39 Å². The Morgan fingerprint density at radius 2 is 1.84 bits per heavy atom. The largest absolute Gasteiger partial charge is 0.497 e. The van der Waals surface area contributed by atoms with Crippen LogP contribution in [0.3, 0.4) is 0 Å². The summed E-state index contributed by atoms with van der Waals surface area (Å²) < 4.78 is 18.6. The van der Waals surface area contributed by atoms with Crippen LogP contribution in [0.4, 0.5) is 10.1 Å². The summed E-state index contributed by atoms with van der Waals surface area (Å²) in [5, 5.41) is 5.11. The van der Waals surface area contributed by atoms with Gasteiger partial charge in [0.25, 0.3) is 0 Å². The quantitative estimate of drug-likeness (QED) is 0.840. The van der Waals surface area contributed by atoms with Crippen LogP contribution >= 0.6 is 0 Å². The van der Waals surface area contributed by atoms with Crippen LogP contribution in [0.25, 0.3) is 0 Å². The third-order valence-electron chi connectivity index (χ3n) is 4.29. The minimum absolute atomic E-state index is 0.0681. The lowest BCUT2D eigenvalue weighted by molar-refractivity contribution is -0.136. The zero-order valence-electron chi connectivity index (χ0n) is 14.0. The molecular weight excluding hydrogens is 323 g/mol. The first-order valence-electron chi connectivity index (χ1n) is 8.00. The molecule has 2 aromatic carbocycles. The van der Waals surface area contributed by atoms with E-state index in [2.05, 4.69) is 10.6 Å². The van der Waals surface area contributed by atoms with Gasteiger partial charge in [-0.3, -0.25) is 9.59 Å². The number of aryl methyl sites for hydroxylation is 1. The number of anilines is 1. The molecule has 0 spiro atoms. The van der Waals surface area contributed by atoms with Crippen LogP contribution in [0.5, 0.6) is 5.75 Å². The number of halogens is 1. The minimum atomic E-state index is -0.802. The lowest BCUT2D eigenvalue weighted by Gasteiger charge is -2.07. The van der Waals surface area contributed by atoms with Crippen molar-refractivity contribution in [3.63, 3.8) is 0 Å². The Morgan fingerprint density at radius 3 is 2.48 bits per heavy atom. The van der Waals surface area contributed by atoms with Crippen LogP contribution in [-0.2, 0) is 9.59 Å². The van der Waals surface area contributed by atoms with Gasteiger partial charge in [-0.1, -0.05) is 18.2 Å². The second kappa shape index (κ2) is 6.93.